The van der Waals surface area contributed by atoms with Crippen molar-refractivity contribution in [1.82, 2.24) is 4.90 Å². The van der Waals surface area contributed by atoms with Gasteiger partial charge in [0.2, 0.25) is 0 Å². The van der Waals surface area contributed by atoms with Gasteiger partial charge in [0.15, 0.2) is 0 Å². The van der Waals surface area contributed by atoms with Gasteiger partial charge in [-0.2, -0.15) is 0 Å². The topological polar surface area (TPSA) is 32.7 Å². The number of hydrogen-bond acceptors (Lipinski definition) is 3. The average Bonchev–Trinajstić information content (AvgIpc) is 2.89. The molecule has 1 aliphatic rings. The van der Waals surface area contributed by atoms with Crippen LogP contribution >= 0.6 is 0 Å². The maximum Gasteiger partial charge on any atom is 0.126 e. The van der Waals surface area contributed by atoms with Crippen LogP contribution in [0.1, 0.15) is 20.3 Å². The molecule has 0 radical (unpaired) electrons. The smallest absolute Gasteiger partial charge is 0.126 e. The second-order valence-corrected chi connectivity index (χ2v) is 5.85. The van der Waals surface area contributed by atoms with Gasteiger partial charge < -0.3 is 14.7 Å². The van der Waals surface area contributed by atoms with Crippen LogP contribution < -0.4 is 4.74 Å². The summed E-state index contributed by atoms with van der Waals surface area (Å²) in [6.07, 6.45) is 1.09. The van der Waals surface area contributed by atoms with Gasteiger partial charge in [-0.15, -0.1) is 0 Å². The van der Waals surface area contributed by atoms with Gasteiger partial charge in [-0.3, -0.25) is 0 Å². The standard InChI is InChI=1S/C16H24FNO2/c1-12(2)18-7-6-13(9-18)14(10-19)11-20-16-5-3-4-15(17)8-16/h3-5,8,12-14,19H,6-7,9-11H2,1-2H3. The van der Waals surface area contributed by atoms with Crippen LogP contribution in [0.15, 0.2) is 24.3 Å². The molecule has 1 aliphatic heterocycles. The molecule has 1 aromatic carbocycles. The Kier molecular flexibility index (Phi) is 5.38. The highest BCUT2D eigenvalue weighted by atomic mass is 19.1. The van der Waals surface area contributed by atoms with E-state index in [1.807, 2.05) is 0 Å². The number of halogens is 1. The molecule has 1 heterocycles. The molecule has 0 bridgehead atoms. The van der Waals surface area contributed by atoms with Crippen molar-refractivity contribution >= 4 is 0 Å². The third-order valence-electron chi connectivity index (χ3n) is 4.15. The second kappa shape index (κ2) is 7.04. The molecular formula is C16H24FNO2. The van der Waals surface area contributed by atoms with E-state index in [0.29, 0.717) is 24.3 Å². The van der Waals surface area contributed by atoms with Crippen molar-refractivity contribution in [2.75, 3.05) is 26.3 Å². The monoisotopic (exact) mass is 281 g/mol. The van der Waals surface area contributed by atoms with Crippen LogP contribution in [-0.2, 0) is 0 Å². The Morgan fingerprint density at radius 3 is 2.85 bits per heavy atom. The molecular weight excluding hydrogens is 257 g/mol. The highest BCUT2D eigenvalue weighted by Crippen LogP contribution is 2.26. The third kappa shape index (κ3) is 3.93. The van der Waals surface area contributed by atoms with E-state index in [1.165, 1.54) is 12.1 Å². The molecule has 0 saturated carbocycles. The maximum absolute atomic E-state index is 13.1. The van der Waals surface area contributed by atoms with Crippen LogP contribution in [0.5, 0.6) is 5.75 Å². The molecule has 0 aromatic heterocycles. The van der Waals surface area contributed by atoms with E-state index < -0.39 is 0 Å². The predicted molar refractivity (Wildman–Crippen MR) is 77.3 cm³/mol. The fraction of sp³-hybridized carbons (Fsp3) is 0.625. The molecule has 0 amide bonds. The van der Waals surface area contributed by atoms with Crippen molar-refractivity contribution in [2.24, 2.45) is 11.8 Å². The summed E-state index contributed by atoms with van der Waals surface area (Å²) in [5.74, 6) is 0.801. The minimum Gasteiger partial charge on any atom is -0.493 e. The molecule has 1 N–H and O–H groups in total. The van der Waals surface area contributed by atoms with Gasteiger partial charge in [-0.05, 0) is 44.9 Å². The highest BCUT2D eigenvalue weighted by Gasteiger charge is 2.30. The molecule has 1 saturated heterocycles. The van der Waals surface area contributed by atoms with Gasteiger partial charge in [0.25, 0.3) is 0 Å². The van der Waals surface area contributed by atoms with Crippen LogP contribution in [0.25, 0.3) is 0 Å². The van der Waals surface area contributed by atoms with Gasteiger partial charge >= 0.3 is 0 Å². The largest absolute Gasteiger partial charge is 0.493 e. The summed E-state index contributed by atoms with van der Waals surface area (Å²) < 4.78 is 18.7. The van der Waals surface area contributed by atoms with Crippen LogP contribution in [0.3, 0.4) is 0 Å². The predicted octanol–water partition coefficient (Wildman–Crippen LogP) is 2.54. The zero-order chi connectivity index (χ0) is 14.5. The fourth-order valence-corrected chi connectivity index (χ4v) is 2.77. The zero-order valence-electron chi connectivity index (χ0n) is 12.3. The molecule has 1 aromatic rings. The lowest BCUT2D eigenvalue weighted by atomic mass is 9.93. The molecule has 2 unspecified atom stereocenters. The van der Waals surface area contributed by atoms with Crippen molar-refractivity contribution in [1.29, 1.82) is 0 Å². The summed E-state index contributed by atoms with van der Waals surface area (Å²) >= 11 is 0. The number of likely N-dealkylation sites (tertiary alicyclic amines) is 1. The summed E-state index contributed by atoms with van der Waals surface area (Å²) in [5.41, 5.74) is 0. The van der Waals surface area contributed by atoms with Gasteiger partial charge in [0.1, 0.15) is 11.6 Å². The molecule has 4 heteroatoms. The Hall–Kier alpha value is -1.13. The Morgan fingerprint density at radius 1 is 1.45 bits per heavy atom. The summed E-state index contributed by atoms with van der Waals surface area (Å²) in [5, 5.41) is 9.57. The zero-order valence-corrected chi connectivity index (χ0v) is 12.3. The molecule has 3 nitrogen and oxygen atoms in total. The van der Waals surface area contributed by atoms with E-state index in [2.05, 4.69) is 18.7 Å². The molecule has 2 rings (SSSR count). The van der Waals surface area contributed by atoms with Gasteiger partial charge in [-0.25, -0.2) is 4.39 Å². The Bertz CT molecular complexity index is 425. The quantitative estimate of drug-likeness (QED) is 0.870. The van der Waals surface area contributed by atoms with E-state index in [9.17, 15) is 9.50 Å². The number of aliphatic hydroxyl groups excluding tert-OH is 1. The third-order valence-corrected chi connectivity index (χ3v) is 4.15. The summed E-state index contributed by atoms with van der Waals surface area (Å²) in [7, 11) is 0. The minimum atomic E-state index is -0.296. The number of benzene rings is 1. The minimum absolute atomic E-state index is 0.113. The molecule has 20 heavy (non-hydrogen) atoms. The van der Waals surface area contributed by atoms with Gasteiger partial charge in [-0.1, -0.05) is 6.07 Å². The summed E-state index contributed by atoms with van der Waals surface area (Å²) in [6.45, 7) is 7.04. The number of nitrogens with zero attached hydrogens (tertiary/aromatic N) is 1. The lowest BCUT2D eigenvalue weighted by Crippen LogP contribution is -2.31. The number of aliphatic hydroxyl groups is 1. The van der Waals surface area contributed by atoms with Crippen molar-refractivity contribution in [3.05, 3.63) is 30.1 Å². The first kappa shape index (κ1) is 15.3. The number of ether oxygens (including phenoxy) is 1. The van der Waals surface area contributed by atoms with Crippen molar-refractivity contribution in [3.8, 4) is 5.75 Å². The summed E-state index contributed by atoms with van der Waals surface area (Å²) in [6, 6.07) is 6.70. The van der Waals surface area contributed by atoms with Crippen molar-refractivity contribution < 1.29 is 14.2 Å². The van der Waals surface area contributed by atoms with Crippen molar-refractivity contribution in [3.63, 3.8) is 0 Å². The lowest BCUT2D eigenvalue weighted by molar-refractivity contribution is 0.116. The first-order valence-electron chi connectivity index (χ1n) is 7.33. The molecule has 0 aliphatic carbocycles. The first-order valence-corrected chi connectivity index (χ1v) is 7.33. The highest BCUT2D eigenvalue weighted by molar-refractivity contribution is 5.22. The Morgan fingerprint density at radius 2 is 2.25 bits per heavy atom. The van der Waals surface area contributed by atoms with E-state index in [1.54, 1.807) is 12.1 Å². The van der Waals surface area contributed by atoms with Gasteiger partial charge in [0.05, 0.1) is 6.61 Å². The number of hydrogen-bond donors (Lipinski definition) is 1. The van der Waals surface area contributed by atoms with E-state index in [0.717, 1.165) is 19.5 Å². The van der Waals surface area contributed by atoms with Crippen LogP contribution in [0.4, 0.5) is 4.39 Å². The van der Waals surface area contributed by atoms with Crippen LogP contribution in [0, 0.1) is 17.7 Å². The first-order chi connectivity index (χ1) is 9.60. The van der Waals surface area contributed by atoms with E-state index in [4.69, 9.17) is 4.74 Å². The van der Waals surface area contributed by atoms with Crippen LogP contribution in [0.2, 0.25) is 0 Å². The van der Waals surface area contributed by atoms with Crippen molar-refractivity contribution in [2.45, 2.75) is 26.3 Å². The second-order valence-electron chi connectivity index (χ2n) is 5.85. The Balaban J connectivity index is 1.87. The van der Waals surface area contributed by atoms with Crippen LogP contribution in [-0.4, -0.2) is 42.4 Å². The number of rotatable bonds is 6. The molecule has 0 spiro atoms. The molecule has 2 atom stereocenters. The maximum atomic E-state index is 13.1. The SMILES string of the molecule is CC(C)N1CCC(C(CO)COc2cccc(F)c2)C1. The van der Waals surface area contributed by atoms with Gasteiger partial charge in [0, 0.05) is 31.2 Å². The molecule has 112 valence electrons. The fourth-order valence-electron chi connectivity index (χ4n) is 2.77. The lowest BCUT2D eigenvalue weighted by Gasteiger charge is -2.24. The van der Waals surface area contributed by atoms with E-state index in [-0.39, 0.29) is 18.3 Å². The summed E-state index contributed by atoms with van der Waals surface area (Å²) in [4.78, 5) is 2.43. The molecule has 1 fully saturated rings. The normalized spacial score (nSPS) is 21.4. The van der Waals surface area contributed by atoms with E-state index >= 15 is 0 Å². The average molecular weight is 281 g/mol. The Labute approximate surface area is 120 Å².